The van der Waals surface area contributed by atoms with E-state index in [9.17, 15) is 9.59 Å². The van der Waals surface area contributed by atoms with Gasteiger partial charge in [0.1, 0.15) is 0 Å². The number of fused-ring (bicyclic) bond motifs is 1. The van der Waals surface area contributed by atoms with E-state index in [1.165, 1.54) is 16.9 Å². The van der Waals surface area contributed by atoms with Crippen molar-refractivity contribution >= 4 is 35.1 Å². The van der Waals surface area contributed by atoms with Gasteiger partial charge in [0.2, 0.25) is 0 Å². The number of rotatable bonds is 3. The highest BCUT2D eigenvalue weighted by Crippen LogP contribution is 2.33. The molecule has 2 aliphatic heterocycles. The van der Waals surface area contributed by atoms with Crippen LogP contribution in [0.3, 0.4) is 0 Å². The maximum Gasteiger partial charge on any atom is 0.344 e. The molecular weight excluding hydrogens is 389 g/mol. The Morgan fingerprint density at radius 2 is 1.81 bits per heavy atom. The molecule has 0 radical (unpaired) electrons. The molecule has 2 N–H and O–H groups in total. The lowest BCUT2D eigenvalue weighted by Crippen LogP contribution is -2.36. The molecule has 2 atom stereocenters. The predicted octanol–water partition coefficient (Wildman–Crippen LogP) is 2.32. The van der Waals surface area contributed by atoms with Gasteiger partial charge in [-0.25, -0.2) is 4.79 Å². The maximum atomic E-state index is 12.6. The standard InChI is InChI=1S/C18H19Cl2N5O2/c19-14-1-2-15(20)11(5-14)6-23-7-12-9-24(10-13(12)8-23)18(27)25-4-3-16(22-25)17(21)26/h1-5,12-13H,6-10H2,(H2,21,26). The minimum atomic E-state index is -0.643. The summed E-state index contributed by atoms with van der Waals surface area (Å²) in [5.74, 6) is 0.186. The lowest BCUT2D eigenvalue weighted by Gasteiger charge is -2.21. The van der Waals surface area contributed by atoms with Crippen LogP contribution >= 0.6 is 23.2 Å². The van der Waals surface area contributed by atoms with E-state index in [1.54, 1.807) is 11.0 Å². The van der Waals surface area contributed by atoms with E-state index in [0.717, 1.165) is 30.2 Å². The van der Waals surface area contributed by atoms with E-state index in [2.05, 4.69) is 10.00 Å². The molecule has 0 saturated carbocycles. The first-order valence-electron chi connectivity index (χ1n) is 8.71. The van der Waals surface area contributed by atoms with E-state index < -0.39 is 5.91 Å². The zero-order chi connectivity index (χ0) is 19.1. The first kappa shape index (κ1) is 18.3. The van der Waals surface area contributed by atoms with E-state index >= 15 is 0 Å². The molecule has 2 aromatic rings. The Hall–Kier alpha value is -2.09. The number of nitrogens with zero attached hydrogens (tertiary/aromatic N) is 4. The van der Waals surface area contributed by atoms with Crippen molar-refractivity contribution in [2.75, 3.05) is 26.2 Å². The fourth-order valence-electron chi connectivity index (χ4n) is 3.99. The Bertz CT molecular complexity index is 886. The average Bonchev–Trinajstić information content (AvgIpc) is 3.31. The van der Waals surface area contributed by atoms with Gasteiger partial charge in [-0.15, -0.1) is 0 Å². The van der Waals surface area contributed by atoms with Crippen molar-refractivity contribution < 1.29 is 9.59 Å². The third-order valence-corrected chi connectivity index (χ3v) is 5.88. The third-order valence-electron chi connectivity index (χ3n) is 5.27. The molecule has 7 nitrogen and oxygen atoms in total. The van der Waals surface area contributed by atoms with Crippen LogP contribution in [0.4, 0.5) is 4.79 Å². The number of carbonyl (C=O) groups is 2. The first-order chi connectivity index (χ1) is 12.9. The molecule has 2 saturated heterocycles. The number of halogens is 2. The van der Waals surface area contributed by atoms with Crippen LogP contribution < -0.4 is 5.73 Å². The molecule has 2 aliphatic rings. The number of hydrogen-bond donors (Lipinski definition) is 1. The van der Waals surface area contributed by atoms with Gasteiger partial charge in [0, 0.05) is 49.0 Å². The fraction of sp³-hybridized carbons (Fsp3) is 0.389. The third kappa shape index (κ3) is 3.67. The molecule has 3 heterocycles. The molecule has 142 valence electrons. The minimum absolute atomic E-state index is 0.0901. The van der Waals surface area contributed by atoms with Crippen molar-refractivity contribution in [1.82, 2.24) is 19.6 Å². The normalized spacial score (nSPS) is 22.2. The number of amides is 2. The summed E-state index contributed by atoms with van der Waals surface area (Å²) in [6, 6.07) is 6.74. The van der Waals surface area contributed by atoms with Gasteiger partial charge in [0.15, 0.2) is 5.69 Å². The molecule has 0 bridgehead atoms. The summed E-state index contributed by atoms with van der Waals surface area (Å²) in [5.41, 5.74) is 6.30. The lowest BCUT2D eigenvalue weighted by molar-refractivity contribution is 0.0995. The van der Waals surface area contributed by atoms with Gasteiger partial charge >= 0.3 is 6.03 Å². The smallest absolute Gasteiger partial charge is 0.344 e. The zero-order valence-electron chi connectivity index (χ0n) is 14.5. The van der Waals surface area contributed by atoms with Gasteiger partial charge in [0.05, 0.1) is 0 Å². The van der Waals surface area contributed by atoms with Gasteiger partial charge in [-0.3, -0.25) is 9.69 Å². The van der Waals surface area contributed by atoms with Crippen molar-refractivity contribution in [3.05, 3.63) is 51.8 Å². The Morgan fingerprint density at radius 3 is 2.44 bits per heavy atom. The summed E-state index contributed by atoms with van der Waals surface area (Å²) >= 11 is 12.3. The van der Waals surface area contributed by atoms with Crippen molar-refractivity contribution in [3.63, 3.8) is 0 Å². The number of likely N-dealkylation sites (tertiary alicyclic amines) is 2. The fourth-order valence-corrected chi connectivity index (χ4v) is 4.36. The molecule has 2 unspecified atom stereocenters. The number of benzene rings is 1. The van der Waals surface area contributed by atoms with Crippen molar-refractivity contribution in [2.45, 2.75) is 6.54 Å². The summed E-state index contributed by atoms with van der Waals surface area (Å²) in [6.07, 6.45) is 1.48. The topological polar surface area (TPSA) is 84.5 Å². The van der Waals surface area contributed by atoms with E-state index in [0.29, 0.717) is 29.9 Å². The Kier molecular flexibility index (Phi) is 4.84. The largest absolute Gasteiger partial charge is 0.364 e. The maximum absolute atomic E-state index is 12.6. The molecule has 0 spiro atoms. The molecule has 9 heteroatoms. The van der Waals surface area contributed by atoms with Crippen LogP contribution in [0.5, 0.6) is 0 Å². The second-order valence-electron chi connectivity index (χ2n) is 7.15. The molecule has 4 rings (SSSR count). The van der Waals surface area contributed by atoms with Crippen LogP contribution in [0.1, 0.15) is 16.1 Å². The molecule has 27 heavy (non-hydrogen) atoms. The van der Waals surface area contributed by atoms with Crippen LogP contribution in [-0.2, 0) is 6.54 Å². The van der Waals surface area contributed by atoms with Crippen LogP contribution in [-0.4, -0.2) is 57.7 Å². The second-order valence-corrected chi connectivity index (χ2v) is 7.99. The predicted molar refractivity (Wildman–Crippen MR) is 102 cm³/mol. The average molecular weight is 408 g/mol. The number of hydrogen-bond acceptors (Lipinski definition) is 4. The molecule has 1 aromatic heterocycles. The highest BCUT2D eigenvalue weighted by Gasteiger charge is 2.42. The van der Waals surface area contributed by atoms with Gasteiger partial charge in [-0.1, -0.05) is 23.2 Å². The van der Waals surface area contributed by atoms with Crippen LogP contribution in [0.2, 0.25) is 10.0 Å². The van der Waals surface area contributed by atoms with Crippen molar-refractivity contribution in [3.8, 4) is 0 Å². The van der Waals surface area contributed by atoms with E-state index in [4.69, 9.17) is 28.9 Å². The molecular formula is C18H19Cl2N5O2. The number of aromatic nitrogens is 2. The van der Waals surface area contributed by atoms with Crippen LogP contribution in [0.25, 0.3) is 0 Å². The van der Waals surface area contributed by atoms with Crippen molar-refractivity contribution in [2.24, 2.45) is 17.6 Å². The Morgan fingerprint density at radius 1 is 1.11 bits per heavy atom. The summed E-state index contributed by atoms with van der Waals surface area (Å²) in [6.45, 7) is 3.91. The highest BCUT2D eigenvalue weighted by molar-refractivity contribution is 6.33. The Balaban J connectivity index is 1.37. The summed E-state index contributed by atoms with van der Waals surface area (Å²) < 4.78 is 1.19. The van der Waals surface area contributed by atoms with Crippen LogP contribution in [0.15, 0.2) is 30.5 Å². The van der Waals surface area contributed by atoms with Gasteiger partial charge in [-0.05, 0) is 41.7 Å². The van der Waals surface area contributed by atoms with Gasteiger partial charge < -0.3 is 10.6 Å². The van der Waals surface area contributed by atoms with Gasteiger partial charge in [-0.2, -0.15) is 9.78 Å². The van der Waals surface area contributed by atoms with E-state index in [-0.39, 0.29) is 11.7 Å². The monoisotopic (exact) mass is 407 g/mol. The minimum Gasteiger partial charge on any atom is -0.364 e. The number of primary amides is 1. The summed E-state index contributed by atoms with van der Waals surface area (Å²) in [4.78, 5) is 27.9. The number of carbonyl (C=O) groups excluding carboxylic acids is 2. The van der Waals surface area contributed by atoms with E-state index in [1.807, 2.05) is 12.1 Å². The molecule has 1 aromatic carbocycles. The first-order valence-corrected chi connectivity index (χ1v) is 9.47. The summed E-state index contributed by atoms with van der Waals surface area (Å²) in [7, 11) is 0. The SMILES string of the molecule is NC(=O)c1ccn(C(=O)N2CC3CN(Cc4cc(Cl)ccc4Cl)CC3C2)n1. The second kappa shape index (κ2) is 7.14. The zero-order valence-corrected chi connectivity index (χ0v) is 16.0. The number of nitrogens with two attached hydrogens (primary N) is 1. The lowest BCUT2D eigenvalue weighted by atomic mass is 10.0. The molecule has 0 aliphatic carbocycles. The quantitative estimate of drug-likeness (QED) is 0.845. The molecule has 2 amide bonds. The summed E-state index contributed by atoms with van der Waals surface area (Å²) in [5, 5.41) is 5.35. The Labute approximate surface area is 166 Å². The van der Waals surface area contributed by atoms with Crippen LogP contribution in [0, 0.1) is 11.8 Å². The van der Waals surface area contributed by atoms with Crippen molar-refractivity contribution in [1.29, 1.82) is 0 Å². The highest BCUT2D eigenvalue weighted by atomic mass is 35.5. The molecule has 2 fully saturated rings. The van der Waals surface area contributed by atoms with Gasteiger partial charge in [0.25, 0.3) is 5.91 Å².